The Hall–Kier alpha value is -2.60. The highest BCUT2D eigenvalue weighted by molar-refractivity contribution is 9.10. The number of carbonyl (C=O) groups is 1. The molecule has 2 aromatic carbocycles. The van der Waals surface area contributed by atoms with E-state index in [1.165, 1.54) is 0 Å². The third-order valence-electron chi connectivity index (χ3n) is 3.18. The van der Waals surface area contributed by atoms with E-state index in [1.807, 2.05) is 37.3 Å². The van der Waals surface area contributed by atoms with Crippen molar-refractivity contribution < 1.29 is 18.8 Å². The maximum Gasteiger partial charge on any atom is 0.365 e. The molecule has 0 saturated heterocycles. The number of esters is 1. The minimum Gasteiger partial charge on any atom is -0.494 e. The van der Waals surface area contributed by atoms with Gasteiger partial charge in [0.25, 0.3) is 0 Å². The summed E-state index contributed by atoms with van der Waals surface area (Å²) < 4.78 is 16.7. The molecule has 0 amide bonds. The van der Waals surface area contributed by atoms with Crippen LogP contribution < -0.4 is 9.47 Å². The van der Waals surface area contributed by atoms with Gasteiger partial charge in [0, 0.05) is 16.1 Å². The second-order valence-corrected chi connectivity index (χ2v) is 5.80. The summed E-state index contributed by atoms with van der Waals surface area (Å²) in [5.74, 6) is 1.11. The summed E-state index contributed by atoms with van der Waals surface area (Å²) >= 11 is 3.32. The summed E-state index contributed by atoms with van der Waals surface area (Å²) in [6, 6.07) is 15.9. The Kier molecular flexibility index (Phi) is 4.96. The number of aromatic nitrogens is 1. The van der Waals surface area contributed by atoms with E-state index in [4.69, 9.17) is 14.0 Å². The van der Waals surface area contributed by atoms with Crippen LogP contribution in [-0.2, 0) is 0 Å². The Morgan fingerprint density at radius 1 is 1.12 bits per heavy atom. The summed E-state index contributed by atoms with van der Waals surface area (Å²) in [6.07, 6.45) is 0. The van der Waals surface area contributed by atoms with E-state index < -0.39 is 5.97 Å². The van der Waals surface area contributed by atoms with E-state index in [9.17, 15) is 4.79 Å². The summed E-state index contributed by atoms with van der Waals surface area (Å²) in [5, 5.41) is 3.78. The third-order valence-corrected chi connectivity index (χ3v) is 3.67. The van der Waals surface area contributed by atoms with Crippen LogP contribution in [0, 0.1) is 0 Å². The van der Waals surface area contributed by atoms with Gasteiger partial charge in [-0.1, -0.05) is 27.2 Å². The average molecular weight is 388 g/mol. The zero-order valence-corrected chi connectivity index (χ0v) is 14.4. The van der Waals surface area contributed by atoms with Crippen molar-refractivity contribution in [1.29, 1.82) is 0 Å². The molecular formula is C18H14BrNO4. The van der Waals surface area contributed by atoms with Gasteiger partial charge >= 0.3 is 5.97 Å². The first-order valence-corrected chi connectivity index (χ1v) is 8.12. The Bertz CT molecular complexity index is 842. The number of nitrogens with zero attached hydrogens (tertiary/aromatic N) is 1. The summed E-state index contributed by atoms with van der Waals surface area (Å²) in [4.78, 5) is 12.1. The predicted molar refractivity (Wildman–Crippen MR) is 92.2 cm³/mol. The number of carbonyl (C=O) groups excluding carboxylic acids is 1. The fraction of sp³-hybridized carbons (Fsp3) is 0.111. The first-order valence-electron chi connectivity index (χ1n) is 7.33. The molecule has 1 heterocycles. The van der Waals surface area contributed by atoms with Crippen LogP contribution in [0.1, 0.15) is 17.4 Å². The van der Waals surface area contributed by atoms with Crippen LogP contribution >= 0.6 is 15.9 Å². The Morgan fingerprint density at radius 3 is 2.62 bits per heavy atom. The molecule has 0 N–H and O–H groups in total. The van der Waals surface area contributed by atoms with Crippen molar-refractivity contribution in [3.8, 4) is 22.8 Å². The molecule has 0 spiro atoms. The van der Waals surface area contributed by atoms with Crippen molar-refractivity contribution in [2.24, 2.45) is 0 Å². The van der Waals surface area contributed by atoms with Gasteiger partial charge in [-0.05, 0) is 49.4 Å². The average Bonchev–Trinajstić information content (AvgIpc) is 3.06. The van der Waals surface area contributed by atoms with Crippen LogP contribution in [0.15, 0.2) is 63.6 Å². The van der Waals surface area contributed by atoms with Crippen molar-refractivity contribution in [2.75, 3.05) is 6.61 Å². The zero-order chi connectivity index (χ0) is 16.9. The minimum atomic E-state index is -0.575. The molecule has 122 valence electrons. The van der Waals surface area contributed by atoms with Gasteiger partial charge in [0.05, 0.1) is 6.61 Å². The van der Waals surface area contributed by atoms with Crippen molar-refractivity contribution >= 4 is 21.9 Å². The molecule has 0 saturated carbocycles. The maximum atomic E-state index is 12.1. The summed E-state index contributed by atoms with van der Waals surface area (Å²) in [5.41, 5.74) is 0.909. The second-order valence-electron chi connectivity index (χ2n) is 4.88. The molecule has 0 fully saturated rings. The molecule has 0 radical (unpaired) electrons. The fourth-order valence-corrected chi connectivity index (χ4v) is 2.46. The van der Waals surface area contributed by atoms with E-state index in [0.29, 0.717) is 18.1 Å². The molecule has 0 aliphatic carbocycles. The number of ether oxygens (including phenoxy) is 2. The van der Waals surface area contributed by atoms with Crippen LogP contribution in [0.25, 0.3) is 11.3 Å². The molecule has 6 heteroatoms. The molecule has 0 aliphatic heterocycles. The lowest BCUT2D eigenvalue weighted by Crippen LogP contribution is -2.08. The van der Waals surface area contributed by atoms with Gasteiger partial charge in [-0.2, -0.15) is 0 Å². The molecular weight excluding hydrogens is 374 g/mol. The first-order chi connectivity index (χ1) is 11.7. The van der Waals surface area contributed by atoms with Crippen LogP contribution in [-0.4, -0.2) is 17.7 Å². The highest BCUT2D eigenvalue weighted by Crippen LogP contribution is 2.24. The Balaban J connectivity index is 1.73. The van der Waals surface area contributed by atoms with Crippen molar-refractivity contribution in [2.45, 2.75) is 6.92 Å². The van der Waals surface area contributed by atoms with E-state index in [-0.39, 0.29) is 5.69 Å². The Labute approximate surface area is 147 Å². The molecule has 0 unspecified atom stereocenters. The molecule has 1 aromatic heterocycles. The molecule has 3 aromatic rings. The third kappa shape index (κ3) is 3.83. The van der Waals surface area contributed by atoms with Gasteiger partial charge in [-0.3, -0.25) is 0 Å². The van der Waals surface area contributed by atoms with E-state index in [1.54, 1.807) is 24.3 Å². The van der Waals surface area contributed by atoms with Crippen LogP contribution in [0.2, 0.25) is 0 Å². The summed E-state index contributed by atoms with van der Waals surface area (Å²) in [6.45, 7) is 2.53. The number of benzene rings is 2. The maximum absolute atomic E-state index is 12.1. The van der Waals surface area contributed by atoms with Crippen LogP contribution in [0.5, 0.6) is 11.5 Å². The normalized spacial score (nSPS) is 10.4. The molecule has 5 nitrogen and oxygen atoms in total. The van der Waals surface area contributed by atoms with Gasteiger partial charge in [-0.15, -0.1) is 0 Å². The van der Waals surface area contributed by atoms with Crippen molar-refractivity contribution in [3.63, 3.8) is 0 Å². The number of rotatable bonds is 5. The van der Waals surface area contributed by atoms with Crippen LogP contribution in [0.4, 0.5) is 0 Å². The molecule has 0 atom stereocenters. The molecule has 24 heavy (non-hydrogen) atoms. The zero-order valence-electron chi connectivity index (χ0n) is 12.9. The number of halogens is 1. The molecule has 3 rings (SSSR count). The second kappa shape index (κ2) is 7.31. The van der Waals surface area contributed by atoms with Gasteiger partial charge < -0.3 is 14.0 Å². The highest BCUT2D eigenvalue weighted by Gasteiger charge is 2.16. The highest BCUT2D eigenvalue weighted by atomic mass is 79.9. The van der Waals surface area contributed by atoms with Gasteiger partial charge in [0.15, 0.2) is 11.5 Å². The number of hydrogen-bond acceptors (Lipinski definition) is 5. The smallest absolute Gasteiger partial charge is 0.365 e. The monoisotopic (exact) mass is 387 g/mol. The van der Waals surface area contributed by atoms with Crippen molar-refractivity contribution in [1.82, 2.24) is 5.16 Å². The quantitative estimate of drug-likeness (QED) is 0.468. The Morgan fingerprint density at radius 2 is 1.92 bits per heavy atom. The number of hydrogen-bond donors (Lipinski definition) is 0. The fourth-order valence-electron chi connectivity index (χ4n) is 2.08. The van der Waals surface area contributed by atoms with E-state index in [0.717, 1.165) is 15.8 Å². The molecule has 0 aliphatic rings. The topological polar surface area (TPSA) is 61.6 Å². The summed E-state index contributed by atoms with van der Waals surface area (Å²) in [7, 11) is 0. The van der Waals surface area contributed by atoms with Crippen molar-refractivity contribution in [3.05, 3.63) is 64.8 Å². The van der Waals surface area contributed by atoms with E-state index >= 15 is 0 Å². The SMILES string of the molecule is CCOc1ccc(-c2cc(C(=O)Oc3cccc(Br)c3)no2)cc1. The lowest BCUT2D eigenvalue weighted by Gasteiger charge is -2.02. The van der Waals surface area contributed by atoms with Gasteiger partial charge in [-0.25, -0.2) is 4.79 Å². The van der Waals surface area contributed by atoms with Gasteiger partial charge in [0.2, 0.25) is 0 Å². The standard InChI is InChI=1S/C18H14BrNO4/c1-2-22-14-8-6-12(7-9-14)17-11-16(20-24-17)18(21)23-15-5-3-4-13(19)10-15/h3-11H,2H2,1H3. The van der Waals surface area contributed by atoms with Crippen LogP contribution in [0.3, 0.4) is 0 Å². The molecule has 0 bridgehead atoms. The van der Waals surface area contributed by atoms with Gasteiger partial charge in [0.1, 0.15) is 11.5 Å². The predicted octanol–water partition coefficient (Wildman–Crippen LogP) is 4.72. The largest absolute Gasteiger partial charge is 0.494 e. The van der Waals surface area contributed by atoms with E-state index in [2.05, 4.69) is 21.1 Å². The lowest BCUT2D eigenvalue weighted by molar-refractivity contribution is 0.0724. The first kappa shape index (κ1) is 16.3. The minimum absolute atomic E-state index is 0.110. The lowest BCUT2D eigenvalue weighted by atomic mass is 10.1.